The summed E-state index contributed by atoms with van der Waals surface area (Å²) in [6, 6.07) is 6.25. The van der Waals surface area contributed by atoms with Crippen molar-refractivity contribution in [3.05, 3.63) is 29.6 Å². The lowest BCUT2D eigenvalue weighted by molar-refractivity contribution is 0.0870. The molecule has 0 amide bonds. The fourth-order valence-corrected chi connectivity index (χ4v) is 2.55. The second-order valence-electron chi connectivity index (χ2n) is 5.24. The molecule has 1 aromatic rings. The van der Waals surface area contributed by atoms with Gasteiger partial charge in [0.25, 0.3) is 0 Å². The van der Waals surface area contributed by atoms with Gasteiger partial charge in [-0.25, -0.2) is 4.39 Å². The Balaban J connectivity index is 2.02. The lowest BCUT2D eigenvalue weighted by atomic mass is 9.93. The summed E-state index contributed by atoms with van der Waals surface area (Å²) in [5.74, 6) is 0.198. The zero-order chi connectivity index (χ0) is 13.8. The lowest BCUT2D eigenvalue weighted by Crippen LogP contribution is -2.39. The summed E-state index contributed by atoms with van der Waals surface area (Å²) in [6.07, 6.45) is 2.25. The minimum absolute atomic E-state index is 0.0230. The molecule has 2 rings (SSSR count). The third-order valence-electron chi connectivity index (χ3n) is 3.70. The van der Waals surface area contributed by atoms with E-state index >= 15 is 0 Å². The van der Waals surface area contributed by atoms with E-state index in [-0.39, 0.29) is 11.9 Å². The summed E-state index contributed by atoms with van der Waals surface area (Å²) >= 11 is 0. The smallest absolute Gasteiger partial charge is 0.166 e. The van der Waals surface area contributed by atoms with Crippen LogP contribution < -0.4 is 4.74 Å². The quantitative estimate of drug-likeness (QED) is 0.840. The minimum atomic E-state index is -0.463. The number of likely N-dealkylation sites (tertiary alicyclic amines) is 1. The molecule has 1 fully saturated rings. The van der Waals surface area contributed by atoms with Gasteiger partial charge in [0.15, 0.2) is 11.6 Å². The second kappa shape index (κ2) is 6.03. The highest BCUT2D eigenvalue weighted by atomic mass is 19.1. The van der Waals surface area contributed by atoms with E-state index in [9.17, 15) is 4.39 Å². The summed E-state index contributed by atoms with van der Waals surface area (Å²) in [7, 11) is 2.10. The molecule has 1 saturated heterocycles. The molecular weight excluding hydrogens is 243 g/mol. The molecule has 102 valence electrons. The standard InChI is InChI=1S/C15H19FN2O/c1-11(13-4-3-7-18(2)10-13)19-15-6-5-12(9-17)8-14(15)16/h5-6,8,11,13H,3-4,7,10H2,1-2H3. The molecule has 1 heterocycles. The van der Waals surface area contributed by atoms with Crippen molar-refractivity contribution < 1.29 is 9.13 Å². The van der Waals surface area contributed by atoms with Crippen LogP contribution in [0.2, 0.25) is 0 Å². The van der Waals surface area contributed by atoms with Crippen LogP contribution >= 0.6 is 0 Å². The molecule has 0 saturated carbocycles. The van der Waals surface area contributed by atoms with Crippen LogP contribution in [0.3, 0.4) is 0 Å². The van der Waals surface area contributed by atoms with Gasteiger partial charge >= 0.3 is 0 Å². The number of hydrogen-bond donors (Lipinski definition) is 0. The summed E-state index contributed by atoms with van der Waals surface area (Å²) in [4.78, 5) is 2.28. The molecule has 0 aromatic heterocycles. The van der Waals surface area contributed by atoms with Crippen molar-refractivity contribution in [2.75, 3.05) is 20.1 Å². The zero-order valence-corrected chi connectivity index (χ0v) is 11.4. The van der Waals surface area contributed by atoms with E-state index < -0.39 is 5.82 Å². The fourth-order valence-electron chi connectivity index (χ4n) is 2.55. The number of ether oxygens (including phenoxy) is 1. The Hall–Kier alpha value is -1.60. The van der Waals surface area contributed by atoms with Crippen LogP contribution in [0.1, 0.15) is 25.3 Å². The van der Waals surface area contributed by atoms with Gasteiger partial charge in [0.05, 0.1) is 11.6 Å². The third kappa shape index (κ3) is 3.45. The number of rotatable bonds is 3. The average molecular weight is 262 g/mol. The molecule has 0 N–H and O–H groups in total. The van der Waals surface area contributed by atoms with Gasteiger partial charge in [-0.3, -0.25) is 0 Å². The van der Waals surface area contributed by atoms with Crippen molar-refractivity contribution in [3.8, 4) is 11.8 Å². The normalized spacial score (nSPS) is 21.7. The van der Waals surface area contributed by atoms with Gasteiger partial charge in [-0.2, -0.15) is 5.26 Å². The molecule has 19 heavy (non-hydrogen) atoms. The highest BCUT2D eigenvalue weighted by Crippen LogP contribution is 2.25. The predicted octanol–water partition coefficient (Wildman–Crippen LogP) is 2.81. The monoisotopic (exact) mass is 262 g/mol. The van der Waals surface area contributed by atoms with Gasteiger partial charge in [-0.15, -0.1) is 0 Å². The summed E-state index contributed by atoms with van der Waals surface area (Å²) in [5.41, 5.74) is 0.315. The fraction of sp³-hybridized carbons (Fsp3) is 0.533. The Kier molecular flexibility index (Phi) is 4.39. The Labute approximate surface area is 113 Å². The van der Waals surface area contributed by atoms with Gasteiger partial charge in [0.2, 0.25) is 0 Å². The van der Waals surface area contributed by atoms with Gasteiger partial charge in [-0.05, 0) is 51.6 Å². The van der Waals surface area contributed by atoms with Crippen LogP contribution in [0.4, 0.5) is 4.39 Å². The van der Waals surface area contributed by atoms with Gasteiger partial charge in [0.1, 0.15) is 6.10 Å². The number of halogens is 1. The van der Waals surface area contributed by atoms with Crippen molar-refractivity contribution >= 4 is 0 Å². The highest BCUT2D eigenvalue weighted by molar-refractivity contribution is 5.36. The number of piperidine rings is 1. The molecule has 1 aromatic carbocycles. The maximum absolute atomic E-state index is 13.8. The van der Waals surface area contributed by atoms with Crippen LogP contribution in [0.15, 0.2) is 18.2 Å². The number of nitrogens with zero attached hydrogens (tertiary/aromatic N) is 2. The van der Waals surface area contributed by atoms with E-state index in [1.807, 2.05) is 13.0 Å². The van der Waals surface area contributed by atoms with Crippen LogP contribution in [0.5, 0.6) is 5.75 Å². The van der Waals surface area contributed by atoms with Gasteiger partial charge in [-0.1, -0.05) is 0 Å². The van der Waals surface area contributed by atoms with Gasteiger partial charge < -0.3 is 9.64 Å². The minimum Gasteiger partial charge on any atom is -0.487 e. The van der Waals surface area contributed by atoms with E-state index in [1.165, 1.54) is 12.1 Å². The van der Waals surface area contributed by atoms with Crippen LogP contribution in [0, 0.1) is 23.1 Å². The summed E-state index contributed by atoms with van der Waals surface area (Å²) in [5, 5.41) is 8.70. The Bertz CT molecular complexity index is 484. The SMILES string of the molecule is CC(Oc1ccc(C#N)cc1F)C1CCCN(C)C1. The molecule has 0 spiro atoms. The molecule has 0 radical (unpaired) electrons. The maximum Gasteiger partial charge on any atom is 0.166 e. The first-order chi connectivity index (χ1) is 9.10. The van der Waals surface area contributed by atoms with Crippen LogP contribution in [0.25, 0.3) is 0 Å². The largest absolute Gasteiger partial charge is 0.487 e. The molecule has 2 atom stereocenters. The van der Waals surface area contributed by atoms with E-state index in [2.05, 4.69) is 11.9 Å². The van der Waals surface area contributed by atoms with Crippen molar-refractivity contribution in [1.82, 2.24) is 4.90 Å². The number of nitriles is 1. The second-order valence-corrected chi connectivity index (χ2v) is 5.24. The number of benzene rings is 1. The summed E-state index contributed by atoms with van der Waals surface area (Å²) in [6.45, 7) is 4.09. The van der Waals surface area contributed by atoms with Crippen molar-refractivity contribution in [3.63, 3.8) is 0 Å². The molecule has 0 aliphatic carbocycles. The molecule has 1 aliphatic heterocycles. The van der Waals surface area contributed by atoms with E-state index in [0.29, 0.717) is 11.5 Å². The summed E-state index contributed by atoms with van der Waals surface area (Å²) < 4.78 is 19.5. The maximum atomic E-state index is 13.8. The lowest BCUT2D eigenvalue weighted by Gasteiger charge is -2.33. The van der Waals surface area contributed by atoms with E-state index in [0.717, 1.165) is 25.9 Å². The Morgan fingerprint density at radius 3 is 2.95 bits per heavy atom. The molecule has 1 aliphatic rings. The topological polar surface area (TPSA) is 36.3 Å². The molecule has 0 bridgehead atoms. The average Bonchev–Trinajstić information content (AvgIpc) is 2.41. The molecule has 3 nitrogen and oxygen atoms in total. The van der Waals surface area contributed by atoms with Gasteiger partial charge in [0, 0.05) is 12.5 Å². The predicted molar refractivity (Wildman–Crippen MR) is 71.4 cm³/mol. The van der Waals surface area contributed by atoms with Crippen molar-refractivity contribution in [2.45, 2.75) is 25.9 Å². The Morgan fingerprint density at radius 2 is 2.32 bits per heavy atom. The zero-order valence-electron chi connectivity index (χ0n) is 11.4. The molecule has 2 unspecified atom stereocenters. The first-order valence-electron chi connectivity index (χ1n) is 6.65. The van der Waals surface area contributed by atoms with E-state index in [4.69, 9.17) is 10.00 Å². The third-order valence-corrected chi connectivity index (χ3v) is 3.70. The first-order valence-corrected chi connectivity index (χ1v) is 6.65. The van der Waals surface area contributed by atoms with Crippen molar-refractivity contribution in [1.29, 1.82) is 5.26 Å². The van der Waals surface area contributed by atoms with E-state index in [1.54, 1.807) is 6.07 Å². The highest BCUT2D eigenvalue weighted by Gasteiger charge is 2.24. The van der Waals surface area contributed by atoms with Crippen molar-refractivity contribution in [2.24, 2.45) is 5.92 Å². The van der Waals surface area contributed by atoms with Crippen LogP contribution in [-0.4, -0.2) is 31.1 Å². The number of hydrogen-bond acceptors (Lipinski definition) is 3. The first kappa shape index (κ1) is 13.8. The molecule has 4 heteroatoms. The van der Waals surface area contributed by atoms with Crippen LogP contribution in [-0.2, 0) is 0 Å². The molecular formula is C15H19FN2O. The Morgan fingerprint density at radius 1 is 1.53 bits per heavy atom.